The van der Waals surface area contributed by atoms with Crippen molar-refractivity contribution in [1.82, 2.24) is 10.2 Å². The molecule has 2 unspecified atom stereocenters. The molecular weight excluding hydrogens is 239 g/mol. The van der Waals surface area contributed by atoms with Crippen LogP contribution in [0, 0.1) is 11.7 Å². The van der Waals surface area contributed by atoms with E-state index < -0.39 is 0 Å². The summed E-state index contributed by atoms with van der Waals surface area (Å²) in [5, 5.41) is 3.64. The second-order valence-corrected chi connectivity index (χ2v) is 6.07. The van der Waals surface area contributed by atoms with Gasteiger partial charge in [-0.2, -0.15) is 0 Å². The number of likely N-dealkylation sites (tertiary alicyclic amines) is 1. The van der Waals surface area contributed by atoms with E-state index in [4.69, 9.17) is 0 Å². The van der Waals surface area contributed by atoms with Gasteiger partial charge in [-0.1, -0.05) is 12.1 Å². The van der Waals surface area contributed by atoms with Gasteiger partial charge in [-0.25, -0.2) is 4.39 Å². The fourth-order valence-corrected chi connectivity index (χ4v) is 3.30. The van der Waals surface area contributed by atoms with Gasteiger partial charge in [-0.05, 0) is 62.9 Å². The first-order valence-electron chi connectivity index (χ1n) is 7.43. The van der Waals surface area contributed by atoms with Crippen molar-refractivity contribution in [1.29, 1.82) is 0 Å². The van der Waals surface area contributed by atoms with Gasteiger partial charge in [0.1, 0.15) is 5.82 Å². The molecule has 1 aromatic carbocycles. The largest absolute Gasteiger partial charge is 0.314 e. The molecular formula is C16H23FN2. The molecule has 1 saturated heterocycles. The van der Waals surface area contributed by atoms with Crippen molar-refractivity contribution in [3.05, 3.63) is 35.6 Å². The lowest BCUT2D eigenvalue weighted by atomic mass is 9.85. The van der Waals surface area contributed by atoms with Crippen LogP contribution in [0.15, 0.2) is 24.3 Å². The minimum Gasteiger partial charge on any atom is -0.314 e. The van der Waals surface area contributed by atoms with E-state index in [1.807, 2.05) is 6.07 Å². The van der Waals surface area contributed by atoms with Crippen molar-refractivity contribution in [2.45, 2.75) is 37.8 Å². The second-order valence-electron chi connectivity index (χ2n) is 6.07. The van der Waals surface area contributed by atoms with Gasteiger partial charge in [-0.15, -0.1) is 0 Å². The van der Waals surface area contributed by atoms with Gasteiger partial charge in [0.25, 0.3) is 0 Å². The number of nitrogens with zero attached hydrogens (tertiary/aromatic N) is 1. The summed E-state index contributed by atoms with van der Waals surface area (Å²) < 4.78 is 13.5. The third-order valence-electron chi connectivity index (χ3n) is 4.44. The minimum atomic E-state index is -0.120. The molecule has 1 saturated carbocycles. The summed E-state index contributed by atoms with van der Waals surface area (Å²) in [6.07, 6.45) is 5.14. The molecule has 3 heteroatoms. The molecule has 0 aromatic heterocycles. The molecule has 1 aliphatic carbocycles. The SMILES string of the molecule is CN1CCCC(CNC2CC2)C1c1cccc(F)c1. The quantitative estimate of drug-likeness (QED) is 0.897. The summed E-state index contributed by atoms with van der Waals surface area (Å²) in [7, 11) is 2.17. The van der Waals surface area contributed by atoms with Gasteiger partial charge >= 0.3 is 0 Å². The summed E-state index contributed by atoms with van der Waals surface area (Å²) in [6.45, 7) is 2.18. The van der Waals surface area contributed by atoms with Crippen molar-refractivity contribution in [3.8, 4) is 0 Å². The average molecular weight is 262 g/mol. The molecule has 0 radical (unpaired) electrons. The molecule has 2 atom stereocenters. The van der Waals surface area contributed by atoms with Crippen LogP contribution in [0.5, 0.6) is 0 Å². The summed E-state index contributed by atoms with van der Waals surface area (Å²) >= 11 is 0. The number of hydrogen-bond donors (Lipinski definition) is 1. The highest BCUT2D eigenvalue weighted by Crippen LogP contribution is 2.35. The Kier molecular flexibility index (Phi) is 3.85. The van der Waals surface area contributed by atoms with Crippen molar-refractivity contribution in [2.24, 2.45) is 5.92 Å². The fourth-order valence-electron chi connectivity index (χ4n) is 3.30. The predicted molar refractivity (Wildman–Crippen MR) is 75.5 cm³/mol. The Morgan fingerprint density at radius 1 is 1.32 bits per heavy atom. The van der Waals surface area contributed by atoms with Crippen LogP contribution in [0.3, 0.4) is 0 Å². The van der Waals surface area contributed by atoms with E-state index >= 15 is 0 Å². The zero-order valence-corrected chi connectivity index (χ0v) is 11.6. The number of halogens is 1. The number of benzene rings is 1. The first kappa shape index (κ1) is 13.1. The number of hydrogen-bond acceptors (Lipinski definition) is 2. The molecule has 2 nitrogen and oxygen atoms in total. The standard InChI is InChI=1S/C16H23FN2/c1-19-9-3-5-13(11-18-15-7-8-15)16(19)12-4-2-6-14(17)10-12/h2,4,6,10,13,15-16,18H,3,5,7-9,11H2,1H3. The number of rotatable bonds is 4. The van der Waals surface area contributed by atoms with E-state index in [2.05, 4.69) is 23.3 Å². The van der Waals surface area contributed by atoms with Crippen LogP contribution >= 0.6 is 0 Å². The maximum atomic E-state index is 13.5. The molecule has 0 bridgehead atoms. The number of nitrogens with one attached hydrogen (secondary N) is 1. The smallest absolute Gasteiger partial charge is 0.123 e. The maximum absolute atomic E-state index is 13.5. The molecule has 19 heavy (non-hydrogen) atoms. The molecule has 1 N–H and O–H groups in total. The molecule has 0 spiro atoms. The summed E-state index contributed by atoms with van der Waals surface area (Å²) in [4.78, 5) is 2.39. The third kappa shape index (κ3) is 3.15. The van der Waals surface area contributed by atoms with E-state index in [0.29, 0.717) is 12.0 Å². The highest BCUT2D eigenvalue weighted by Gasteiger charge is 2.32. The van der Waals surface area contributed by atoms with E-state index in [9.17, 15) is 4.39 Å². The number of piperidine rings is 1. The Labute approximate surface area is 115 Å². The average Bonchev–Trinajstić information content (AvgIpc) is 3.20. The minimum absolute atomic E-state index is 0.120. The molecule has 104 valence electrons. The van der Waals surface area contributed by atoms with Crippen LogP contribution in [-0.2, 0) is 0 Å². The van der Waals surface area contributed by atoms with Gasteiger partial charge in [0, 0.05) is 18.6 Å². The van der Waals surface area contributed by atoms with Crippen LogP contribution < -0.4 is 5.32 Å². The topological polar surface area (TPSA) is 15.3 Å². The monoisotopic (exact) mass is 262 g/mol. The Hall–Kier alpha value is -0.930. The molecule has 0 amide bonds. The molecule has 2 fully saturated rings. The first-order chi connectivity index (χ1) is 9.24. The summed E-state index contributed by atoms with van der Waals surface area (Å²) in [5.74, 6) is 0.478. The Balaban J connectivity index is 1.75. The van der Waals surface area contributed by atoms with E-state index in [1.54, 1.807) is 6.07 Å². The normalized spacial score (nSPS) is 28.5. The van der Waals surface area contributed by atoms with Crippen molar-refractivity contribution >= 4 is 0 Å². The lowest BCUT2D eigenvalue weighted by Crippen LogP contribution is -2.41. The zero-order valence-electron chi connectivity index (χ0n) is 11.6. The Morgan fingerprint density at radius 3 is 2.89 bits per heavy atom. The first-order valence-corrected chi connectivity index (χ1v) is 7.43. The van der Waals surface area contributed by atoms with Crippen molar-refractivity contribution in [2.75, 3.05) is 20.1 Å². The molecule has 2 aliphatic rings. The second kappa shape index (κ2) is 5.59. The van der Waals surface area contributed by atoms with Crippen LogP contribution in [0.2, 0.25) is 0 Å². The highest BCUT2D eigenvalue weighted by molar-refractivity contribution is 5.21. The molecule has 1 heterocycles. The molecule has 1 aromatic rings. The lowest BCUT2D eigenvalue weighted by Gasteiger charge is -2.39. The predicted octanol–water partition coefficient (Wildman–Crippen LogP) is 2.96. The molecule has 3 rings (SSSR count). The van der Waals surface area contributed by atoms with Gasteiger partial charge < -0.3 is 5.32 Å². The lowest BCUT2D eigenvalue weighted by molar-refractivity contribution is 0.119. The zero-order chi connectivity index (χ0) is 13.2. The van der Waals surface area contributed by atoms with Gasteiger partial charge in [-0.3, -0.25) is 4.90 Å². The highest BCUT2D eigenvalue weighted by atomic mass is 19.1. The Bertz CT molecular complexity index is 431. The summed E-state index contributed by atoms with van der Waals surface area (Å²) in [5.41, 5.74) is 1.13. The van der Waals surface area contributed by atoms with Crippen LogP contribution in [0.1, 0.15) is 37.3 Å². The van der Waals surface area contributed by atoms with Gasteiger partial charge in [0.05, 0.1) is 0 Å². The van der Waals surface area contributed by atoms with Gasteiger partial charge in [0.15, 0.2) is 0 Å². The van der Waals surface area contributed by atoms with Crippen LogP contribution in [0.25, 0.3) is 0 Å². The van der Waals surface area contributed by atoms with E-state index in [-0.39, 0.29) is 5.82 Å². The summed E-state index contributed by atoms with van der Waals surface area (Å²) in [6, 6.07) is 8.24. The van der Waals surface area contributed by atoms with Crippen molar-refractivity contribution < 1.29 is 4.39 Å². The van der Waals surface area contributed by atoms with Crippen LogP contribution in [0.4, 0.5) is 4.39 Å². The van der Waals surface area contributed by atoms with Gasteiger partial charge in [0.2, 0.25) is 0 Å². The Morgan fingerprint density at radius 2 is 2.16 bits per heavy atom. The van der Waals surface area contributed by atoms with Crippen molar-refractivity contribution in [3.63, 3.8) is 0 Å². The maximum Gasteiger partial charge on any atom is 0.123 e. The third-order valence-corrected chi connectivity index (χ3v) is 4.44. The van der Waals surface area contributed by atoms with E-state index in [0.717, 1.165) is 24.7 Å². The fraction of sp³-hybridized carbons (Fsp3) is 0.625. The molecule has 1 aliphatic heterocycles. The van der Waals surface area contributed by atoms with Crippen LogP contribution in [-0.4, -0.2) is 31.1 Å². The van der Waals surface area contributed by atoms with E-state index in [1.165, 1.54) is 31.7 Å².